The van der Waals surface area contributed by atoms with Crippen LogP contribution in [0.2, 0.25) is 0 Å². The molecule has 0 amide bonds. The molecule has 104 valence electrons. The van der Waals surface area contributed by atoms with Gasteiger partial charge in [0.25, 0.3) is 5.69 Å². The molecule has 4 nitrogen and oxygen atoms in total. The van der Waals surface area contributed by atoms with Crippen molar-refractivity contribution in [1.82, 2.24) is 0 Å². The fourth-order valence-electron chi connectivity index (χ4n) is 2.41. The Morgan fingerprint density at radius 2 is 2.11 bits per heavy atom. The molecular weight excluding hydrogens is 261 g/mol. The lowest BCUT2D eigenvalue weighted by Crippen LogP contribution is -2.26. The first-order valence-corrected chi connectivity index (χ1v) is 5.93. The Morgan fingerprint density at radius 1 is 1.42 bits per heavy atom. The van der Waals surface area contributed by atoms with Crippen molar-refractivity contribution in [2.45, 2.75) is 32.0 Å². The summed E-state index contributed by atoms with van der Waals surface area (Å²) in [6.07, 6.45) is -2.89. The Kier molecular flexibility index (Phi) is 3.38. The van der Waals surface area contributed by atoms with Gasteiger partial charge in [-0.15, -0.1) is 0 Å². The predicted octanol–water partition coefficient (Wildman–Crippen LogP) is 3.60. The number of halogens is 3. The molecule has 0 bridgehead atoms. The second kappa shape index (κ2) is 4.71. The number of anilines is 1. The van der Waals surface area contributed by atoms with Gasteiger partial charge in [0, 0.05) is 24.3 Å². The van der Waals surface area contributed by atoms with E-state index in [1.807, 2.05) is 11.8 Å². The fourth-order valence-corrected chi connectivity index (χ4v) is 2.41. The third-order valence-corrected chi connectivity index (χ3v) is 3.37. The summed E-state index contributed by atoms with van der Waals surface area (Å²) in [5.74, 6) is 0. The summed E-state index contributed by atoms with van der Waals surface area (Å²) in [5.41, 5.74) is -1.69. The van der Waals surface area contributed by atoms with Crippen molar-refractivity contribution in [2.24, 2.45) is 0 Å². The van der Waals surface area contributed by atoms with Crippen molar-refractivity contribution in [2.75, 3.05) is 11.4 Å². The lowest BCUT2D eigenvalue weighted by Gasteiger charge is -2.24. The summed E-state index contributed by atoms with van der Waals surface area (Å²) in [5, 5.41) is 10.7. The van der Waals surface area contributed by atoms with Gasteiger partial charge < -0.3 is 4.90 Å². The Labute approximate surface area is 108 Å². The molecule has 0 aliphatic carbocycles. The molecule has 0 saturated carbocycles. The average Bonchev–Trinajstić information content (AvgIpc) is 2.73. The highest BCUT2D eigenvalue weighted by Crippen LogP contribution is 2.39. The fraction of sp³-hybridized carbons (Fsp3) is 0.500. The molecule has 1 heterocycles. The number of nitro groups is 1. The number of alkyl halides is 3. The minimum Gasteiger partial charge on any atom is -0.369 e. The second-order valence-corrected chi connectivity index (χ2v) is 4.64. The Hall–Kier alpha value is -1.79. The van der Waals surface area contributed by atoms with Gasteiger partial charge >= 0.3 is 6.18 Å². The zero-order valence-corrected chi connectivity index (χ0v) is 10.3. The van der Waals surface area contributed by atoms with Gasteiger partial charge in [0.05, 0.1) is 4.92 Å². The lowest BCUT2D eigenvalue weighted by atomic mass is 10.1. The van der Waals surface area contributed by atoms with E-state index in [0.717, 1.165) is 25.0 Å². The smallest absolute Gasteiger partial charge is 0.369 e. The highest BCUT2D eigenvalue weighted by atomic mass is 19.4. The van der Waals surface area contributed by atoms with E-state index >= 15 is 0 Å². The Bertz CT molecular complexity index is 502. The minimum absolute atomic E-state index is 0.155. The topological polar surface area (TPSA) is 46.4 Å². The normalized spacial score (nSPS) is 19.8. The van der Waals surface area contributed by atoms with Crippen LogP contribution in [0.25, 0.3) is 0 Å². The maximum atomic E-state index is 12.8. The first kappa shape index (κ1) is 13.6. The molecule has 0 radical (unpaired) electrons. The second-order valence-electron chi connectivity index (χ2n) is 4.64. The standard InChI is InChI=1S/C12H13F3N2O2/c1-8-3-2-6-16(8)9-4-5-11(17(18)19)10(7-9)12(13,14)15/h4-5,7-8H,2-3,6H2,1H3/t8-/m1/s1. The van der Waals surface area contributed by atoms with Crippen LogP contribution in [0.4, 0.5) is 24.5 Å². The summed E-state index contributed by atoms with van der Waals surface area (Å²) in [7, 11) is 0. The van der Waals surface area contributed by atoms with Crippen LogP contribution in [-0.2, 0) is 6.18 Å². The molecule has 1 aromatic carbocycles. The molecule has 19 heavy (non-hydrogen) atoms. The van der Waals surface area contributed by atoms with Crippen LogP contribution >= 0.6 is 0 Å². The van der Waals surface area contributed by atoms with Gasteiger partial charge in [0.1, 0.15) is 5.56 Å². The molecule has 0 aromatic heterocycles. The van der Waals surface area contributed by atoms with Crippen molar-refractivity contribution >= 4 is 11.4 Å². The number of rotatable bonds is 2. The summed E-state index contributed by atoms with van der Waals surface area (Å²) in [6, 6.07) is 3.35. The third kappa shape index (κ3) is 2.64. The summed E-state index contributed by atoms with van der Waals surface area (Å²) in [4.78, 5) is 11.5. The predicted molar refractivity (Wildman–Crippen MR) is 64.1 cm³/mol. The summed E-state index contributed by atoms with van der Waals surface area (Å²) < 4.78 is 38.5. The average molecular weight is 274 g/mol. The largest absolute Gasteiger partial charge is 0.423 e. The van der Waals surface area contributed by atoms with E-state index in [9.17, 15) is 23.3 Å². The van der Waals surface area contributed by atoms with E-state index in [2.05, 4.69) is 0 Å². The number of nitrogens with zero attached hydrogens (tertiary/aromatic N) is 2. The molecule has 1 atom stereocenters. The molecule has 2 rings (SSSR count). The Morgan fingerprint density at radius 3 is 2.58 bits per heavy atom. The Balaban J connectivity index is 2.47. The molecule has 0 spiro atoms. The van der Waals surface area contributed by atoms with Crippen LogP contribution in [0.5, 0.6) is 0 Å². The SMILES string of the molecule is C[C@@H]1CCCN1c1ccc([N+](=O)[O-])c(C(F)(F)F)c1. The summed E-state index contributed by atoms with van der Waals surface area (Å²) >= 11 is 0. The number of benzene rings is 1. The molecule has 1 saturated heterocycles. The molecule has 1 aliphatic rings. The van der Waals surface area contributed by atoms with Crippen LogP contribution < -0.4 is 4.90 Å². The zero-order valence-electron chi connectivity index (χ0n) is 10.3. The van der Waals surface area contributed by atoms with Gasteiger partial charge in [-0.3, -0.25) is 10.1 Å². The van der Waals surface area contributed by atoms with Crippen molar-refractivity contribution in [1.29, 1.82) is 0 Å². The molecule has 1 aliphatic heterocycles. The van der Waals surface area contributed by atoms with Gasteiger partial charge in [0.2, 0.25) is 0 Å². The monoisotopic (exact) mass is 274 g/mol. The quantitative estimate of drug-likeness (QED) is 0.611. The first-order chi connectivity index (χ1) is 8.80. The maximum Gasteiger partial charge on any atom is 0.423 e. The molecule has 0 N–H and O–H groups in total. The van der Waals surface area contributed by atoms with Gasteiger partial charge in [-0.1, -0.05) is 0 Å². The highest BCUT2D eigenvalue weighted by molar-refractivity contribution is 5.57. The maximum absolute atomic E-state index is 12.8. The molecule has 1 aromatic rings. The van der Waals surface area contributed by atoms with E-state index in [0.29, 0.717) is 12.2 Å². The van der Waals surface area contributed by atoms with Gasteiger partial charge in [0.15, 0.2) is 0 Å². The van der Waals surface area contributed by atoms with Crippen LogP contribution in [0.1, 0.15) is 25.3 Å². The van der Waals surface area contributed by atoms with Crippen LogP contribution in [0.3, 0.4) is 0 Å². The van der Waals surface area contributed by atoms with Crippen molar-refractivity contribution in [3.63, 3.8) is 0 Å². The van der Waals surface area contributed by atoms with E-state index in [-0.39, 0.29) is 6.04 Å². The van der Waals surface area contributed by atoms with Crippen molar-refractivity contribution < 1.29 is 18.1 Å². The van der Waals surface area contributed by atoms with E-state index in [1.165, 1.54) is 6.07 Å². The number of nitro benzene ring substituents is 1. The third-order valence-electron chi connectivity index (χ3n) is 3.37. The van der Waals surface area contributed by atoms with E-state index in [4.69, 9.17) is 0 Å². The van der Waals surface area contributed by atoms with E-state index in [1.54, 1.807) is 0 Å². The van der Waals surface area contributed by atoms with Crippen LogP contribution in [-0.4, -0.2) is 17.5 Å². The van der Waals surface area contributed by atoms with Crippen molar-refractivity contribution in [3.05, 3.63) is 33.9 Å². The van der Waals surface area contributed by atoms with Gasteiger partial charge in [-0.2, -0.15) is 13.2 Å². The molecule has 7 heteroatoms. The first-order valence-electron chi connectivity index (χ1n) is 5.93. The zero-order chi connectivity index (χ0) is 14.2. The molecular formula is C12H13F3N2O2. The highest BCUT2D eigenvalue weighted by Gasteiger charge is 2.39. The van der Waals surface area contributed by atoms with Crippen LogP contribution in [0, 0.1) is 10.1 Å². The van der Waals surface area contributed by atoms with Gasteiger partial charge in [-0.25, -0.2) is 0 Å². The molecule has 1 fully saturated rings. The number of hydrogen-bond donors (Lipinski definition) is 0. The van der Waals surface area contributed by atoms with E-state index < -0.39 is 22.4 Å². The van der Waals surface area contributed by atoms with Crippen LogP contribution in [0.15, 0.2) is 18.2 Å². The molecule has 0 unspecified atom stereocenters. The number of hydrogen-bond acceptors (Lipinski definition) is 3. The summed E-state index contributed by atoms with van der Waals surface area (Å²) in [6.45, 7) is 2.61. The van der Waals surface area contributed by atoms with Gasteiger partial charge in [-0.05, 0) is 31.9 Å². The minimum atomic E-state index is -4.72. The lowest BCUT2D eigenvalue weighted by molar-refractivity contribution is -0.388. The van der Waals surface area contributed by atoms with Crippen molar-refractivity contribution in [3.8, 4) is 0 Å².